The van der Waals surface area contributed by atoms with Crippen molar-refractivity contribution in [3.63, 3.8) is 0 Å². The molecule has 14 unspecified atom stereocenters. The van der Waals surface area contributed by atoms with Crippen LogP contribution in [0.3, 0.4) is 0 Å². The van der Waals surface area contributed by atoms with Crippen LogP contribution in [0, 0.1) is 62.6 Å². The molecule has 0 aromatic rings. The molecule has 512 valence electrons. The second-order valence-corrected chi connectivity index (χ2v) is 29.1. The molecule has 3 saturated heterocycles. The summed E-state index contributed by atoms with van der Waals surface area (Å²) in [5, 5.41) is 140. The van der Waals surface area contributed by atoms with E-state index in [-0.39, 0.29) is 67.1 Å². The van der Waals surface area contributed by atoms with Crippen LogP contribution in [0.15, 0.2) is 11.6 Å². The number of aliphatic hydroxyl groups excluding tert-OH is 12. The van der Waals surface area contributed by atoms with Crippen LogP contribution in [0.25, 0.3) is 0 Å². The summed E-state index contributed by atoms with van der Waals surface area (Å²) < 4.78 is 36.4. The third-order valence-electron chi connectivity index (χ3n) is 23.9. The third kappa shape index (κ3) is 14.3. The molecular formula is C65H110N2O22. The number of nitrogens with one attached hydrogen (secondary N) is 2. The van der Waals surface area contributed by atoms with Crippen LogP contribution in [0.1, 0.15) is 173 Å². The highest BCUT2D eigenvalue weighted by Gasteiger charge is 2.70. The standard InChI is InChI=1S/C65H110N2O22/c1-13-32(5)40(66-47(76)26-37(71)24-41(72)33(6)14-2)23-36(70)25-48(77)67-49-43(28-68)86-59(56(51(49)79)88-58-54(82)52(80)55(34(7)85-58)87-57-53(81)50(78)42(73)29-84-57)89-60(83)65-21-16-31(4)22-39(65)38(15-3)64(12,27-46(65)75)63(11)20-17-44-61(9,35(63)8)19-18-45(74)62(44,10)30-69/h15,30-37,39-46,49-59,68,70-75,78-82H,13-14,16-29H2,1-12H3,(H,66,76)(H,67,77)/b38-15+/t31-,32+,33+,34-,35?,36+,37+,39?,40+,41+,42-,43-,44-,45?,46-,49?,50?,51?,52?,53?,54?,55?,56?,57+,58+,59+,61?,62?,63-,64-,65?/m1/s1. The van der Waals surface area contributed by atoms with Crippen LogP contribution >= 0.6 is 0 Å². The van der Waals surface area contributed by atoms with Crippen molar-refractivity contribution in [2.24, 2.45) is 62.6 Å². The van der Waals surface area contributed by atoms with E-state index in [0.717, 1.165) is 11.9 Å². The van der Waals surface area contributed by atoms with Crippen molar-refractivity contribution < 1.29 is 109 Å². The van der Waals surface area contributed by atoms with Gasteiger partial charge in [-0.15, -0.1) is 0 Å². The summed E-state index contributed by atoms with van der Waals surface area (Å²) in [5.41, 5.74) is -3.15. The van der Waals surface area contributed by atoms with Gasteiger partial charge >= 0.3 is 5.97 Å². The van der Waals surface area contributed by atoms with Crippen molar-refractivity contribution in [3.05, 3.63) is 11.6 Å². The Bertz CT molecular complexity index is 2430. The molecule has 0 aromatic carbocycles. The summed E-state index contributed by atoms with van der Waals surface area (Å²) in [6.07, 6.45) is -20.8. The smallest absolute Gasteiger partial charge is 0.317 e. The second-order valence-electron chi connectivity index (χ2n) is 29.1. The maximum Gasteiger partial charge on any atom is 0.317 e. The average Bonchev–Trinajstić information content (AvgIpc) is 0.717. The third-order valence-corrected chi connectivity index (χ3v) is 23.9. The van der Waals surface area contributed by atoms with Gasteiger partial charge in [0, 0.05) is 6.04 Å². The summed E-state index contributed by atoms with van der Waals surface area (Å²) in [4.78, 5) is 55.9. The Morgan fingerprint density at radius 1 is 0.730 bits per heavy atom. The summed E-state index contributed by atoms with van der Waals surface area (Å²) in [7, 11) is 0. The van der Waals surface area contributed by atoms with Crippen molar-refractivity contribution in [1.82, 2.24) is 10.6 Å². The number of carbonyl (C=O) groups excluding carboxylic acids is 4. The number of amides is 2. The second kappa shape index (κ2) is 29.4. The first-order chi connectivity index (χ1) is 41.7. The van der Waals surface area contributed by atoms with E-state index in [1.165, 1.54) is 6.92 Å². The van der Waals surface area contributed by atoms with Gasteiger partial charge in [0.2, 0.25) is 18.1 Å². The number of fused-ring (bicyclic) bond motifs is 2. The first-order valence-corrected chi connectivity index (χ1v) is 32.9. The van der Waals surface area contributed by atoms with Crippen molar-refractivity contribution in [3.8, 4) is 0 Å². The molecule has 3 aliphatic heterocycles. The molecule has 4 saturated carbocycles. The number of aldehydes is 1. The Morgan fingerprint density at radius 3 is 1.99 bits per heavy atom. The maximum absolute atomic E-state index is 15.8. The highest BCUT2D eigenvalue weighted by molar-refractivity contribution is 5.80. The number of aliphatic hydroxyl groups is 12. The molecule has 7 aliphatic rings. The minimum atomic E-state index is -2.03. The predicted molar refractivity (Wildman–Crippen MR) is 320 cm³/mol. The van der Waals surface area contributed by atoms with Crippen molar-refractivity contribution >= 4 is 24.1 Å². The number of hydrogen-bond acceptors (Lipinski definition) is 22. The van der Waals surface area contributed by atoms with E-state index < -0.39 is 188 Å². The van der Waals surface area contributed by atoms with Crippen molar-refractivity contribution in [1.29, 1.82) is 0 Å². The van der Waals surface area contributed by atoms with E-state index in [4.69, 9.17) is 28.4 Å². The zero-order chi connectivity index (χ0) is 66.2. The molecule has 89 heavy (non-hydrogen) atoms. The van der Waals surface area contributed by atoms with Crippen LogP contribution in [0.4, 0.5) is 0 Å². The molecule has 3 heterocycles. The quantitative estimate of drug-likeness (QED) is 0.0392. The van der Waals surface area contributed by atoms with Crippen LogP contribution in [-0.2, 0) is 47.6 Å². The lowest BCUT2D eigenvalue weighted by Crippen LogP contribution is -2.69. The van der Waals surface area contributed by atoms with E-state index in [2.05, 4.69) is 51.3 Å². The number of rotatable bonds is 23. The zero-order valence-corrected chi connectivity index (χ0v) is 54.4. The first-order valence-electron chi connectivity index (χ1n) is 32.9. The number of esters is 1. The molecule has 2 amide bonds. The Balaban J connectivity index is 1.16. The van der Waals surface area contributed by atoms with Gasteiger partial charge in [-0.1, -0.05) is 93.7 Å². The molecule has 0 radical (unpaired) electrons. The average molecular weight is 1270 g/mol. The zero-order valence-electron chi connectivity index (χ0n) is 54.4. The minimum absolute atomic E-state index is 0.00794. The van der Waals surface area contributed by atoms with Gasteiger partial charge in [-0.3, -0.25) is 14.4 Å². The highest BCUT2D eigenvalue weighted by Crippen LogP contribution is 2.73. The van der Waals surface area contributed by atoms with E-state index in [1.807, 2.05) is 41.5 Å². The lowest BCUT2D eigenvalue weighted by molar-refractivity contribution is -0.370. The lowest BCUT2D eigenvalue weighted by Gasteiger charge is -2.69. The van der Waals surface area contributed by atoms with E-state index >= 15 is 4.79 Å². The number of hydrogen-bond donors (Lipinski definition) is 14. The Hall–Kier alpha value is -2.86. The molecule has 7 fully saturated rings. The fourth-order valence-corrected chi connectivity index (χ4v) is 17.2. The Kier molecular flexibility index (Phi) is 24.3. The lowest BCUT2D eigenvalue weighted by atomic mass is 9.35. The summed E-state index contributed by atoms with van der Waals surface area (Å²) >= 11 is 0. The summed E-state index contributed by atoms with van der Waals surface area (Å²) in [6, 6.07) is -2.25. The molecular weight excluding hydrogens is 1160 g/mol. The highest BCUT2D eigenvalue weighted by atomic mass is 16.8. The number of ether oxygens (including phenoxy) is 6. The SMILES string of the molecule is C/C=C1\C2C[C@H](C)CCC2(C(=O)O[C@@H]2O[C@H](CO)C(NC(=O)C[C@@H](O)C[C@H](NC(=O)C[C@@H](O)C[C@H](O)[C@@H](C)CC)[C@@H](C)CC)C(O)C2O[C@@H]2O[C@H](C)C(O[C@@H]3OC[C@@H](O)C(O)C3O)C(O)C2O)[C@H](O)C[C@@]1(C)[C@]1(C)CC[C@H]2C(C)(C=O)C(O)CCC2(C)C1C. The predicted octanol–water partition coefficient (Wildman–Crippen LogP) is 1.55. The van der Waals surface area contributed by atoms with Crippen molar-refractivity contribution in [2.75, 3.05) is 13.2 Å². The fourth-order valence-electron chi connectivity index (χ4n) is 17.2. The van der Waals surface area contributed by atoms with Gasteiger partial charge in [0.1, 0.15) is 60.5 Å². The van der Waals surface area contributed by atoms with Gasteiger partial charge in [-0.25, -0.2) is 0 Å². The number of allylic oxidation sites excluding steroid dienone is 2. The Morgan fingerprint density at radius 2 is 1.36 bits per heavy atom. The van der Waals surface area contributed by atoms with Crippen LogP contribution < -0.4 is 10.6 Å². The molecule has 0 spiro atoms. The molecule has 0 bridgehead atoms. The van der Waals surface area contributed by atoms with Gasteiger partial charge in [0.25, 0.3) is 0 Å². The van der Waals surface area contributed by atoms with E-state index in [9.17, 15) is 75.7 Å². The molecule has 4 aliphatic carbocycles. The van der Waals surface area contributed by atoms with Crippen molar-refractivity contribution in [2.45, 2.75) is 295 Å². The maximum atomic E-state index is 15.8. The van der Waals surface area contributed by atoms with Gasteiger partial charge in [-0.05, 0) is 130 Å². The van der Waals surface area contributed by atoms with Crippen LogP contribution in [0.5, 0.6) is 0 Å². The van der Waals surface area contributed by atoms with Crippen LogP contribution in [-0.4, -0.2) is 221 Å². The monoisotopic (exact) mass is 1270 g/mol. The summed E-state index contributed by atoms with van der Waals surface area (Å²) in [5.74, 6) is -3.19. The van der Waals surface area contributed by atoms with Gasteiger partial charge in [0.05, 0.1) is 74.1 Å². The van der Waals surface area contributed by atoms with Gasteiger partial charge in [-0.2, -0.15) is 0 Å². The number of carbonyl (C=O) groups is 4. The molecule has 24 heteroatoms. The topological polar surface area (TPSA) is 390 Å². The normalized spacial score (nSPS) is 46.0. The largest absolute Gasteiger partial charge is 0.432 e. The van der Waals surface area contributed by atoms with Crippen LogP contribution in [0.2, 0.25) is 0 Å². The molecule has 24 nitrogen and oxygen atoms in total. The molecule has 31 atom stereocenters. The molecule has 7 rings (SSSR count). The molecule has 0 aromatic heterocycles. The van der Waals surface area contributed by atoms with E-state index in [0.29, 0.717) is 51.4 Å². The molecule has 14 N–H and O–H groups in total. The Labute approximate surface area is 524 Å². The van der Waals surface area contributed by atoms with E-state index in [1.54, 1.807) is 0 Å². The fraction of sp³-hybridized carbons (Fsp3) is 0.908. The van der Waals surface area contributed by atoms with Gasteiger partial charge < -0.3 is 105 Å². The summed E-state index contributed by atoms with van der Waals surface area (Å²) in [6.45, 7) is 22.3. The first kappa shape index (κ1) is 73.5. The minimum Gasteiger partial charge on any atom is -0.432 e. The van der Waals surface area contributed by atoms with Gasteiger partial charge in [0.15, 0.2) is 18.7 Å².